The first-order valence-electron chi connectivity index (χ1n) is 7.97. The number of methoxy groups -OCH3 is 2. The van der Waals surface area contributed by atoms with Crippen LogP contribution in [0.1, 0.15) is 5.56 Å². The molecule has 2 N–H and O–H groups in total. The molecule has 0 atom stereocenters. The van der Waals surface area contributed by atoms with Crippen molar-refractivity contribution in [2.45, 2.75) is 0 Å². The van der Waals surface area contributed by atoms with E-state index in [2.05, 4.69) is 5.32 Å². The second-order valence-electron chi connectivity index (χ2n) is 5.43. The van der Waals surface area contributed by atoms with Crippen molar-refractivity contribution in [1.82, 2.24) is 5.32 Å². The fraction of sp³-hybridized carbons (Fsp3) is 0.158. The van der Waals surface area contributed by atoms with Gasteiger partial charge in [0.05, 0.1) is 26.5 Å². The van der Waals surface area contributed by atoms with Crippen molar-refractivity contribution >= 4 is 23.6 Å². The molecule has 0 aromatic heterocycles. The second-order valence-corrected chi connectivity index (χ2v) is 5.43. The summed E-state index contributed by atoms with van der Waals surface area (Å²) in [5.41, 5.74) is 0.0726. The summed E-state index contributed by atoms with van der Waals surface area (Å²) in [4.78, 5) is 23.6. The number of halogens is 3. The topological polar surface area (TPSA) is 76.7 Å². The zero-order valence-corrected chi connectivity index (χ0v) is 15.0. The van der Waals surface area contributed by atoms with E-state index in [-0.39, 0.29) is 0 Å². The van der Waals surface area contributed by atoms with E-state index in [9.17, 15) is 22.8 Å². The Morgan fingerprint density at radius 3 is 2.46 bits per heavy atom. The average molecular weight is 394 g/mol. The summed E-state index contributed by atoms with van der Waals surface area (Å²) in [7, 11) is 2.98. The highest BCUT2D eigenvalue weighted by Crippen LogP contribution is 2.25. The molecule has 2 aromatic carbocycles. The van der Waals surface area contributed by atoms with Gasteiger partial charge in [-0.3, -0.25) is 9.59 Å². The van der Waals surface area contributed by atoms with Gasteiger partial charge in [-0.15, -0.1) is 0 Å². The molecule has 0 spiro atoms. The Kier molecular flexibility index (Phi) is 7.02. The van der Waals surface area contributed by atoms with Gasteiger partial charge in [0.1, 0.15) is 11.5 Å². The molecular weight excluding hydrogens is 377 g/mol. The second kappa shape index (κ2) is 9.45. The largest absolute Gasteiger partial charge is 0.497 e. The number of hydrogen-bond acceptors (Lipinski definition) is 4. The third-order valence-electron chi connectivity index (χ3n) is 3.59. The molecule has 6 nitrogen and oxygen atoms in total. The highest BCUT2D eigenvalue weighted by molar-refractivity contribution is 5.98. The van der Waals surface area contributed by atoms with E-state index in [1.807, 2.05) is 5.32 Å². The zero-order chi connectivity index (χ0) is 20.7. The molecule has 0 aliphatic rings. The molecule has 9 heteroatoms. The molecule has 0 saturated heterocycles. The maximum atomic E-state index is 13.5. The van der Waals surface area contributed by atoms with Crippen molar-refractivity contribution in [3.05, 3.63) is 59.4 Å². The van der Waals surface area contributed by atoms with Crippen LogP contribution in [-0.2, 0) is 9.59 Å². The first-order valence-corrected chi connectivity index (χ1v) is 7.97. The average Bonchev–Trinajstić information content (AvgIpc) is 2.70. The molecule has 148 valence electrons. The molecule has 0 radical (unpaired) electrons. The predicted molar refractivity (Wildman–Crippen MR) is 96.5 cm³/mol. The number of carbonyl (C=O) groups excluding carboxylic acids is 2. The van der Waals surface area contributed by atoms with Crippen molar-refractivity contribution in [2.75, 3.05) is 26.1 Å². The summed E-state index contributed by atoms with van der Waals surface area (Å²) in [6.45, 7) is -0.499. The molecule has 0 fully saturated rings. The molecule has 0 heterocycles. The maximum absolute atomic E-state index is 13.5. The number of amides is 2. The van der Waals surface area contributed by atoms with Crippen LogP contribution in [0.25, 0.3) is 6.08 Å². The first-order chi connectivity index (χ1) is 13.3. The Bertz CT molecular complexity index is 916. The number of hydrogen-bond donors (Lipinski definition) is 2. The van der Waals surface area contributed by atoms with Gasteiger partial charge < -0.3 is 20.1 Å². The standard InChI is InChI=1S/C19H17F3N2O4/c1-27-12-5-3-11(15(9-12)28-2)4-8-16(25)23-10-17(26)24-14-7-6-13(20)18(21)19(14)22/h3-9H,10H2,1-2H3,(H,23,25)(H,24,26)/b8-4+. The van der Waals surface area contributed by atoms with E-state index in [0.717, 1.165) is 6.07 Å². The van der Waals surface area contributed by atoms with Crippen LogP contribution in [0.2, 0.25) is 0 Å². The lowest BCUT2D eigenvalue weighted by molar-refractivity contribution is -0.121. The highest BCUT2D eigenvalue weighted by Gasteiger charge is 2.15. The number of benzene rings is 2. The molecule has 28 heavy (non-hydrogen) atoms. The number of ether oxygens (including phenoxy) is 2. The minimum absolute atomic E-state index is 0.481. The molecule has 2 amide bonds. The summed E-state index contributed by atoms with van der Waals surface area (Å²) < 4.78 is 49.8. The third-order valence-corrected chi connectivity index (χ3v) is 3.59. The van der Waals surface area contributed by atoms with Gasteiger partial charge in [0.15, 0.2) is 17.5 Å². The van der Waals surface area contributed by atoms with Crippen LogP contribution >= 0.6 is 0 Å². The Balaban J connectivity index is 1.93. The summed E-state index contributed by atoms with van der Waals surface area (Å²) in [6.07, 6.45) is 2.65. The maximum Gasteiger partial charge on any atom is 0.244 e. The zero-order valence-electron chi connectivity index (χ0n) is 15.0. The molecule has 0 saturated carbocycles. The first kappa shape index (κ1) is 20.8. The quantitative estimate of drug-likeness (QED) is 0.559. The number of anilines is 1. The van der Waals surface area contributed by atoms with Crippen LogP contribution in [0, 0.1) is 17.5 Å². The number of nitrogens with one attached hydrogen (secondary N) is 2. The van der Waals surface area contributed by atoms with E-state index < -0.39 is 41.5 Å². The molecule has 0 bridgehead atoms. The van der Waals surface area contributed by atoms with Crippen molar-refractivity contribution in [3.63, 3.8) is 0 Å². The van der Waals surface area contributed by atoms with Gasteiger partial charge in [0.25, 0.3) is 0 Å². The summed E-state index contributed by atoms with van der Waals surface area (Å²) >= 11 is 0. The van der Waals surface area contributed by atoms with Gasteiger partial charge in [-0.2, -0.15) is 0 Å². The van der Waals surface area contributed by atoms with Gasteiger partial charge >= 0.3 is 0 Å². The number of rotatable bonds is 7. The normalized spacial score (nSPS) is 10.6. The van der Waals surface area contributed by atoms with Crippen molar-refractivity contribution in [2.24, 2.45) is 0 Å². The van der Waals surface area contributed by atoms with Crippen LogP contribution in [0.4, 0.5) is 18.9 Å². The fourth-order valence-corrected chi connectivity index (χ4v) is 2.16. The lowest BCUT2D eigenvalue weighted by Crippen LogP contribution is -2.32. The van der Waals surface area contributed by atoms with Crippen molar-refractivity contribution in [1.29, 1.82) is 0 Å². The minimum atomic E-state index is -1.70. The Labute approximate surface area is 158 Å². The molecule has 2 rings (SSSR count). The lowest BCUT2D eigenvalue weighted by Gasteiger charge is -2.08. The molecule has 0 aliphatic heterocycles. The SMILES string of the molecule is COc1ccc(/C=C/C(=O)NCC(=O)Nc2ccc(F)c(F)c2F)c(OC)c1. The monoisotopic (exact) mass is 394 g/mol. The molecule has 0 aliphatic carbocycles. The summed E-state index contributed by atoms with van der Waals surface area (Å²) in [5.74, 6) is -4.94. The van der Waals surface area contributed by atoms with E-state index in [1.54, 1.807) is 18.2 Å². The van der Waals surface area contributed by atoms with E-state index in [0.29, 0.717) is 23.1 Å². The predicted octanol–water partition coefficient (Wildman–Crippen LogP) is 2.89. The van der Waals surface area contributed by atoms with Crippen LogP contribution in [0.5, 0.6) is 11.5 Å². The van der Waals surface area contributed by atoms with Crippen LogP contribution in [-0.4, -0.2) is 32.6 Å². The van der Waals surface area contributed by atoms with Crippen molar-refractivity contribution in [3.8, 4) is 11.5 Å². The number of carbonyl (C=O) groups is 2. The Morgan fingerprint density at radius 2 is 1.79 bits per heavy atom. The Hall–Kier alpha value is -3.49. The van der Waals surface area contributed by atoms with Gasteiger partial charge in [0.2, 0.25) is 11.8 Å². The fourth-order valence-electron chi connectivity index (χ4n) is 2.16. The van der Waals surface area contributed by atoms with Gasteiger partial charge in [0, 0.05) is 17.7 Å². The smallest absolute Gasteiger partial charge is 0.244 e. The molecular formula is C19H17F3N2O4. The third kappa shape index (κ3) is 5.26. The minimum Gasteiger partial charge on any atom is -0.497 e. The Morgan fingerprint density at radius 1 is 1.04 bits per heavy atom. The van der Waals surface area contributed by atoms with Gasteiger partial charge in [-0.25, -0.2) is 13.2 Å². The van der Waals surface area contributed by atoms with E-state index in [4.69, 9.17) is 9.47 Å². The lowest BCUT2D eigenvalue weighted by atomic mass is 10.1. The highest BCUT2D eigenvalue weighted by atomic mass is 19.2. The van der Waals surface area contributed by atoms with Crippen molar-refractivity contribution < 1.29 is 32.2 Å². The molecule has 2 aromatic rings. The van der Waals surface area contributed by atoms with Crippen LogP contribution in [0.15, 0.2) is 36.4 Å². The van der Waals surface area contributed by atoms with Crippen LogP contribution in [0.3, 0.4) is 0 Å². The summed E-state index contributed by atoms with van der Waals surface area (Å²) in [5, 5.41) is 4.33. The molecule has 0 unspecified atom stereocenters. The van der Waals surface area contributed by atoms with Gasteiger partial charge in [-0.1, -0.05) is 0 Å². The van der Waals surface area contributed by atoms with E-state index >= 15 is 0 Å². The van der Waals surface area contributed by atoms with Gasteiger partial charge in [-0.05, 0) is 30.3 Å². The van der Waals surface area contributed by atoms with E-state index in [1.165, 1.54) is 26.4 Å². The van der Waals surface area contributed by atoms with Crippen LogP contribution < -0.4 is 20.1 Å². The summed E-state index contributed by atoms with van der Waals surface area (Å²) in [6, 6.07) is 6.56.